The van der Waals surface area contributed by atoms with Gasteiger partial charge in [-0.3, -0.25) is 24.2 Å². The predicted octanol–water partition coefficient (Wildman–Crippen LogP) is 6.12. The SMILES string of the molecule is C=C1C(=O)C/C2=C3N=C(/C=c4\[nH]/c(c(C(C)OCCOCCOCCOC)c4C)=C\C4=NC(=C\C(=C1C)NC2)/C(CC)=C4C)C[C@@H]/3CCC(=O)N(CC(=O)OC(C)(C)C)CC(=O)OC(C)(C)C. The summed E-state index contributed by atoms with van der Waals surface area (Å²) in [7, 11) is 1.64. The second-order valence-corrected chi connectivity index (χ2v) is 19.4. The van der Waals surface area contributed by atoms with Gasteiger partial charge in [-0.05, 0) is 135 Å². The van der Waals surface area contributed by atoms with Crippen molar-refractivity contribution in [2.45, 2.75) is 126 Å². The number of H-pyrrole nitrogens is 1. The number of nitrogens with zero attached hydrogens (tertiary/aromatic N) is 3. The lowest BCUT2D eigenvalue weighted by Crippen LogP contribution is -2.43. The third-order valence-electron chi connectivity index (χ3n) is 11.9. The Morgan fingerprint density at radius 1 is 0.866 bits per heavy atom. The van der Waals surface area contributed by atoms with E-state index in [1.165, 1.54) is 4.90 Å². The topological polar surface area (TPSA) is 179 Å². The van der Waals surface area contributed by atoms with Gasteiger partial charge in [0.1, 0.15) is 24.3 Å². The Balaban J connectivity index is 1.55. The van der Waals surface area contributed by atoms with Gasteiger partial charge in [0.2, 0.25) is 5.91 Å². The fourth-order valence-electron chi connectivity index (χ4n) is 8.54. The lowest BCUT2D eigenvalue weighted by atomic mass is 9.89. The smallest absolute Gasteiger partial charge is 0.326 e. The number of nitrogens with one attached hydrogen (secondary N) is 2. The number of hydrogen-bond acceptors (Lipinski definition) is 13. The molecule has 1 aromatic heterocycles. The number of aromatic nitrogens is 1. The molecule has 0 saturated heterocycles. The first-order valence-electron chi connectivity index (χ1n) is 23.5. The Hall–Kier alpha value is -5.22. The summed E-state index contributed by atoms with van der Waals surface area (Å²) in [6, 6.07) is 0. The molecule has 0 fully saturated rings. The monoisotopic (exact) mass is 928 g/mol. The number of allylic oxidation sites excluding steroid dienone is 6. The Morgan fingerprint density at radius 3 is 2.10 bits per heavy atom. The number of ketones is 1. The second-order valence-electron chi connectivity index (χ2n) is 19.4. The summed E-state index contributed by atoms with van der Waals surface area (Å²) >= 11 is 0. The molecule has 1 aromatic rings. The van der Waals surface area contributed by atoms with Gasteiger partial charge in [-0.15, -0.1) is 0 Å². The van der Waals surface area contributed by atoms with Crippen LogP contribution in [0.1, 0.15) is 119 Å². The molecule has 15 nitrogen and oxygen atoms in total. The first kappa shape index (κ1) is 52.7. The number of carbonyl (C=O) groups excluding carboxylic acids is 4. The third kappa shape index (κ3) is 14.6. The molecule has 1 unspecified atom stereocenters. The molecule has 366 valence electrons. The highest BCUT2D eigenvalue weighted by atomic mass is 16.6. The molecule has 0 saturated carbocycles. The molecule has 1 amide bonds. The second kappa shape index (κ2) is 23.2. The number of aromatic amines is 1. The van der Waals surface area contributed by atoms with E-state index in [1.807, 2.05) is 26.0 Å². The number of amides is 1. The van der Waals surface area contributed by atoms with Crippen molar-refractivity contribution in [3.63, 3.8) is 0 Å². The van der Waals surface area contributed by atoms with Crippen molar-refractivity contribution in [3.05, 3.63) is 79.4 Å². The number of Topliss-reactive ketones (excluding diaryl/α,β-unsaturated/α-hetero) is 1. The van der Waals surface area contributed by atoms with Crippen molar-refractivity contribution < 1.29 is 47.6 Å². The molecule has 0 radical (unpaired) electrons. The van der Waals surface area contributed by atoms with Gasteiger partial charge in [0, 0.05) is 71.4 Å². The lowest BCUT2D eigenvalue weighted by molar-refractivity contribution is -0.163. The highest BCUT2D eigenvalue weighted by Gasteiger charge is 2.32. The van der Waals surface area contributed by atoms with Gasteiger partial charge in [-0.2, -0.15) is 0 Å². The molecular formula is C52H73N5O10. The number of methoxy groups -OCH3 is 1. The van der Waals surface area contributed by atoms with Crippen LogP contribution in [-0.2, 0) is 47.6 Å². The standard InChI is InChI=1S/C52H73N5O10/c1-14-39-33(4)42-27-44-49(35(6)65-22-21-64-20-19-63-18-17-62-13)34(5)41(56-44)25-38-23-36(50(54-38)37-24-45(58)32(3)31(2)40(53-28-37)26-43(39)55-42)15-16-46(59)57(29-47(60)66-51(7,8)9)30-48(61)67-52(10,11)12/h25-27,35-36,53,56H,3,14-24,28-30H2,1-2,4-13H3/b40-31?,41-25-,43-26-,44-27-,50-37-/t35?,36-/m0/s1. The van der Waals surface area contributed by atoms with Crippen LogP contribution in [0, 0.1) is 12.8 Å². The van der Waals surface area contributed by atoms with Crippen molar-refractivity contribution in [2.75, 3.05) is 66.4 Å². The minimum absolute atomic E-state index is 0.00389. The molecule has 8 bridgehead atoms. The van der Waals surface area contributed by atoms with Crippen LogP contribution in [0.4, 0.5) is 0 Å². The van der Waals surface area contributed by atoms with Crippen LogP contribution < -0.4 is 16.0 Å². The van der Waals surface area contributed by atoms with Gasteiger partial charge >= 0.3 is 11.9 Å². The first-order valence-corrected chi connectivity index (χ1v) is 23.5. The minimum Gasteiger partial charge on any atom is -0.459 e. The van der Waals surface area contributed by atoms with E-state index in [2.05, 4.69) is 43.7 Å². The molecule has 15 heteroatoms. The molecule has 4 aliphatic heterocycles. The molecule has 2 N–H and O–H groups in total. The van der Waals surface area contributed by atoms with Crippen LogP contribution in [0.15, 0.2) is 67.6 Å². The maximum Gasteiger partial charge on any atom is 0.326 e. The molecule has 5 rings (SSSR count). The predicted molar refractivity (Wildman–Crippen MR) is 260 cm³/mol. The molecular weight excluding hydrogens is 855 g/mol. The summed E-state index contributed by atoms with van der Waals surface area (Å²) in [6.45, 7) is 27.1. The van der Waals surface area contributed by atoms with Gasteiger partial charge in [0.15, 0.2) is 5.78 Å². The van der Waals surface area contributed by atoms with Gasteiger partial charge in [-0.1, -0.05) is 13.5 Å². The van der Waals surface area contributed by atoms with Crippen molar-refractivity contribution in [1.29, 1.82) is 0 Å². The zero-order valence-electron chi connectivity index (χ0n) is 41.9. The maximum absolute atomic E-state index is 14.1. The largest absolute Gasteiger partial charge is 0.459 e. The number of aliphatic imine (C=N–C) groups is 2. The van der Waals surface area contributed by atoms with E-state index in [0.29, 0.717) is 64.6 Å². The number of ether oxygens (including phenoxy) is 6. The zero-order valence-corrected chi connectivity index (χ0v) is 41.9. The van der Waals surface area contributed by atoms with Crippen molar-refractivity contribution in [1.82, 2.24) is 15.2 Å². The zero-order chi connectivity index (χ0) is 49.2. The van der Waals surface area contributed by atoms with Gasteiger partial charge in [0.25, 0.3) is 0 Å². The molecule has 0 aliphatic carbocycles. The Labute approximate surface area is 396 Å². The summed E-state index contributed by atoms with van der Waals surface area (Å²) in [5.74, 6) is -2.06. The average molecular weight is 928 g/mol. The summed E-state index contributed by atoms with van der Waals surface area (Å²) in [5, 5.41) is 5.33. The van der Waals surface area contributed by atoms with E-state index in [0.717, 1.165) is 79.1 Å². The van der Waals surface area contributed by atoms with Gasteiger partial charge in [0.05, 0.1) is 57.2 Å². The first-order chi connectivity index (χ1) is 31.6. The van der Waals surface area contributed by atoms with E-state index < -0.39 is 42.1 Å². The van der Waals surface area contributed by atoms with E-state index in [1.54, 1.807) is 48.7 Å². The summed E-state index contributed by atoms with van der Waals surface area (Å²) in [6.07, 6.45) is 7.46. The van der Waals surface area contributed by atoms with Crippen LogP contribution in [0.2, 0.25) is 0 Å². The number of rotatable bonds is 19. The highest BCUT2D eigenvalue weighted by molar-refractivity contribution is 6.23. The van der Waals surface area contributed by atoms with E-state index in [4.69, 9.17) is 38.4 Å². The fourth-order valence-corrected chi connectivity index (χ4v) is 8.54. The molecule has 4 aliphatic rings. The van der Waals surface area contributed by atoms with Crippen LogP contribution in [0.3, 0.4) is 0 Å². The highest BCUT2D eigenvalue weighted by Crippen LogP contribution is 2.36. The fraction of sp³-hybridized carbons (Fsp3) is 0.577. The van der Waals surface area contributed by atoms with Crippen LogP contribution in [-0.4, -0.2) is 123 Å². The Morgan fingerprint density at radius 2 is 1.49 bits per heavy atom. The molecule has 0 aromatic carbocycles. The molecule has 0 spiro atoms. The molecule has 67 heavy (non-hydrogen) atoms. The maximum atomic E-state index is 14.1. The third-order valence-corrected chi connectivity index (χ3v) is 11.9. The average Bonchev–Trinajstić information content (AvgIpc) is 3.88. The number of carbonyl (C=O) groups is 4. The van der Waals surface area contributed by atoms with Gasteiger partial charge in [-0.25, -0.2) is 4.99 Å². The number of hydrogen-bond donors (Lipinski definition) is 2. The van der Waals surface area contributed by atoms with Crippen molar-refractivity contribution >= 4 is 47.2 Å². The molecule has 5 heterocycles. The number of fused-ring (bicyclic) bond motifs is 7. The lowest BCUT2D eigenvalue weighted by Gasteiger charge is -2.27. The Bertz CT molecular complexity index is 2370. The Kier molecular flexibility index (Phi) is 18.3. The van der Waals surface area contributed by atoms with Crippen LogP contribution in [0.25, 0.3) is 12.2 Å². The van der Waals surface area contributed by atoms with E-state index >= 15 is 0 Å². The summed E-state index contributed by atoms with van der Waals surface area (Å²) < 4.78 is 33.8. The quantitative estimate of drug-likeness (QED) is 0.0928. The van der Waals surface area contributed by atoms with Crippen molar-refractivity contribution in [3.8, 4) is 0 Å². The minimum atomic E-state index is -0.790. The van der Waals surface area contributed by atoms with Gasteiger partial charge < -0.3 is 43.6 Å². The van der Waals surface area contributed by atoms with Crippen molar-refractivity contribution in [2.24, 2.45) is 15.9 Å². The summed E-state index contributed by atoms with van der Waals surface area (Å²) in [5.41, 5.74) is 8.35. The number of esters is 2. The van der Waals surface area contributed by atoms with E-state index in [9.17, 15) is 19.2 Å². The summed E-state index contributed by atoms with van der Waals surface area (Å²) in [4.78, 5) is 69.5. The normalized spacial score (nSPS) is 21.0. The van der Waals surface area contributed by atoms with E-state index in [-0.39, 0.29) is 30.6 Å². The van der Waals surface area contributed by atoms with Crippen LogP contribution in [0.5, 0.6) is 0 Å². The molecule has 2 atom stereocenters. The van der Waals surface area contributed by atoms with Crippen LogP contribution >= 0.6 is 0 Å².